The minimum atomic E-state index is -3.01. The van der Waals surface area contributed by atoms with Crippen molar-refractivity contribution in [3.8, 4) is 0 Å². The lowest BCUT2D eigenvalue weighted by molar-refractivity contribution is -0.134. The van der Waals surface area contributed by atoms with E-state index in [0.717, 1.165) is 0 Å². The van der Waals surface area contributed by atoms with Crippen molar-refractivity contribution < 1.29 is 18.0 Å². The zero-order chi connectivity index (χ0) is 17.9. The number of sulfone groups is 1. The molecule has 1 N–H and O–H groups in total. The maximum Gasteiger partial charge on any atom is 0.243 e. The Hall–Kier alpha value is -1.31. The lowest BCUT2D eigenvalue weighted by Gasteiger charge is -2.18. The van der Waals surface area contributed by atoms with Gasteiger partial charge in [-0.3, -0.25) is 9.59 Å². The van der Waals surface area contributed by atoms with Gasteiger partial charge >= 0.3 is 0 Å². The Bertz CT molecular complexity index is 752. The largest absolute Gasteiger partial charge is 0.336 e. The van der Waals surface area contributed by atoms with Gasteiger partial charge in [0, 0.05) is 19.2 Å². The third kappa shape index (κ3) is 5.36. The third-order valence-corrected chi connectivity index (χ3v) is 6.38. The van der Waals surface area contributed by atoms with Crippen molar-refractivity contribution in [2.45, 2.75) is 12.8 Å². The number of benzene rings is 1. The van der Waals surface area contributed by atoms with Gasteiger partial charge in [-0.05, 0) is 30.5 Å². The summed E-state index contributed by atoms with van der Waals surface area (Å²) >= 11 is 11.7. The molecule has 132 valence electrons. The number of halogens is 2. The van der Waals surface area contributed by atoms with Crippen molar-refractivity contribution in [1.82, 2.24) is 4.90 Å². The first-order valence-electron chi connectivity index (χ1n) is 7.35. The Morgan fingerprint density at radius 2 is 2.00 bits per heavy atom. The van der Waals surface area contributed by atoms with Crippen molar-refractivity contribution in [3.05, 3.63) is 28.2 Å². The summed E-state index contributed by atoms with van der Waals surface area (Å²) in [5.41, 5.74) is 0.483. The summed E-state index contributed by atoms with van der Waals surface area (Å²) in [6.07, 6.45) is 0.632. The van der Waals surface area contributed by atoms with Gasteiger partial charge in [-0.25, -0.2) is 8.42 Å². The number of nitrogens with one attached hydrogen (secondary N) is 1. The molecule has 9 heteroatoms. The van der Waals surface area contributed by atoms with Gasteiger partial charge in [0.2, 0.25) is 11.8 Å². The van der Waals surface area contributed by atoms with Crippen LogP contribution in [0.3, 0.4) is 0 Å². The maximum atomic E-state index is 12.1. The molecule has 1 heterocycles. The first-order valence-corrected chi connectivity index (χ1v) is 9.93. The number of anilines is 1. The summed E-state index contributed by atoms with van der Waals surface area (Å²) in [5, 5.41) is 3.33. The van der Waals surface area contributed by atoms with Crippen LogP contribution in [0.4, 0.5) is 5.69 Å². The molecule has 0 saturated carbocycles. The van der Waals surface area contributed by atoms with Crippen LogP contribution in [0.5, 0.6) is 0 Å². The molecule has 1 aliphatic rings. The molecule has 24 heavy (non-hydrogen) atoms. The molecule has 6 nitrogen and oxygen atoms in total. The quantitative estimate of drug-likeness (QED) is 0.832. The number of rotatable bonds is 5. The van der Waals surface area contributed by atoms with Gasteiger partial charge in [-0.2, -0.15) is 0 Å². The van der Waals surface area contributed by atoms with E-state index < -0.39 is 9.84 Å². The van der Waals surface area contributed by atoms with Gasteiger partial charge in [-0.15, -0.1) is 0 Å². The molecule has 1 fully saturated rings. The molecule has 0 aromatic heterocycles. The Labute approximate surface area is 151 Å². The van der Waals surface area contributed by atoms with Crippen LogP contribution in [-0.2, 0) is 19.4 Å². The smallest absolute Gasteiger partial charge is 0.243 e. The second-order valence-electron chi connectivity index (χ2n) is 5.90. The second-order valence-corrected chi connectivity index (χ2v) is 8.94. The molecule has 1 aliphatic heterocycles. The van der Waals surface area contributed by atoms with E-state index in [-0.39, 0.29) is 42.2 Å². The van der Waals surface area contributed by atoms with Crippen LogP contribution in [0.25, 0.3) is 0 Å². The molecule has 0 bridgehead atoms. The number of hydrogen-bond donors (Lipinski definition) is 1. The number of carbonyl (C=O) groups is 2. The normalized spacial score (nSPS) is 19.0. The van der Waals surface area contributed by atoms with Gasteiger partial charge in [0.15, 0.2) is 9.84 Å². The summed E-state index contributed by atoms with van der Waals surface area (Å²) in [6.45, 7) is -0.126. The van der Waals surface area contributed by atoms with Crippen LogP contribution in [0.15, 0.2) is 18.2 Å². The Kier molecular flexibility index (Phi) is 6.11. The van der Waals surface area contributed by atoms with E-state index in [1.165, 1.54) is 18.0 Å². The standard InChI is InChI=1S/C15H18Cl2N2O4S/c1-19(15(21)6-10-4-5-24(22,23)9-10)8-14(20)18-11-2-3-12(16)13(17)7-11/h2-3,7,10H,4-6,8-9H2,1H3,(H,18,20)/t10-/m1/s1. The molecule has 1 aromatic carbocycles. The minimum Gasteiger partial charge on any atom is -0.336 e. The Balaban J connectivity index is 1.84. The number of likely N-dealkylation sites (N-methyl/N-ethyl adjacent to an activating group) is 1. The van der Waals surface area contributed by atoms with E-state index >= 15 is 0 Å². The number of nitrogens with zero attached hydrogens (tertiary/aromatic N) is 1. The molecule has 0 aliphatic carbocycles. The Morgan fingerprint density at radius 1 is 1.29 bits per heavy atom. The van der Waals surface area contributed by atoms with E-state index in [1.54, 1.807) is 12.1 Å². The highest BCUT2D eigenvalue weighted by atomic mass is 35.5. The second kappa shape index (κ2) is 7.72. The molecular formula is C15H18Cl2N2O4S. The summed E-state index contributed by atoms with van der Waals surface area (Å²) in [7, 11) is -1.50. The van der Waals surface area contributed by atoms with Gasteiger partial charge in [-0.1, -0.05) is 23.2 Å². The predicted octanol–water partition coefficient (Wildman–Crippen LogP) is 2.22. The number of amides is 2. The average molecular weight is 393 g/mol. The highest BCUT2D eigenvalue weighted by Crippen LogP contribution is 2.25. The molecule has 0 radical (unpaired) electrons. The van der Waals surface area contributed by atoms with Gasteiger partial charge in [0.25, 0.3) is 0 Å². The fraction of sp³-hybridized carbons (Fsp3) is 0.467. The van der Waals surface area contributed by atoms with E-state index in [0.29, 0.717) is 22.2 Å². The molecule has 2 rings (SSSR count). The van der Waals surface area contributed by atoms with Crippen LogP contribution in [-0.4, -0.2) is 50.2 Å². The van der Waals surface area contributed by atoms with Gasteiger partial charge < -0.3 is 10.2 Å². The van der Waals surface area contributed by atoms with E-state index in [1.807, 2.05) is 0 Å². The summed E-state index contributed by atoms with van der Waals surface area (Å²) in [6, 6.07) is 4.69. The van der Waals surface area contributed by atoms with Gasteiger partial charge in [0.1, 0.15) is 0 Å². The van der Waals surface area contributed by atoms with E-state index in [2.05, 4.69) is 5.32 Å². The average Bonchev–Trinajstić information content (AvgIpc) is 2.81. The zero-order valence-corrected chi connectivity index (χ0v) is 15.4. The molecular weight excluding hydrogens is 375 g/mol. The number of carbonyl (C=O) groups excluding carboxylic acids is 2. The fourth-order valence-corrected chi connectivity index (χ4v) is 4.67. The van der Waals surface area contributed by atoms with Crippen molar-refractivity contribution in [2.75, 3.05) is 30.4 Å². The molecule has 1 saturated heterocycles. The maximum absolute atomic E-state index is 12.1. The summed E-state index contributed by atoms with van der Waals surface area (Å²) in [5.74, 6) is -0.609. The first kappa shape index (κ1) is 19.0. The molecule has 2 amide bonds. The van der Waals surface area contributed by atoms with Crippen molar-refractivity contribution >= 4 is 50.5 Å². The van der Waals surface area contributed by atoms with Crippen LogP contribution in [0.2, 0.25) is 10.0 Å². The third-order valence-electron chi connectivity index (χ3n) is 3.80. The fourth-order valence-electron chi connectivity index (χ4n) is 2.51. The predicted molar refractivity (Wildman–Crippen MR) is 94.1 cm³/mol. The van der Waals surface area contributed by atoms with Crippen molar-refractivity contribution in [2.24, 2.45) is 5.92 Å². The van der Waals surface area contributed by atoms with Crippen molar-refractivity contribution in [3.63, 3.8) is 0 Å². The Morgan fingerprint density at radius 3 is 2.58 bits per heavy atom. The SMILES string of the molecule is CN(CC(=O)Nc1ccc(Cl)c(Cl)c1)C(=O)C[C@H]1CCS(=O)(=O)C1. The van der Waals surface area contributed by atoms with Crippen LogP contribution in [0, 0.1) is 5.92 Å². The zero-order valence-electron chi connectivity index (χ0n) is 13.1. The lowest BCUT2D eigenvalue weighted by atomic mass is 10.0. The summed E-state index contributed by atoms with van der Waals surface area (Å²) < 4.78 is 22.8. The summed E-state index contributed by atoms with van der Waals surface area (Å²) in [4.78, 5) is 25.4. The van der Waals surface area contributed by atoms with Crippen molar-refractivity contribution in [1.29, 1.82) is 0 Å². The van der Waals surface area contributed by atoms with Crippen LogP contribution >= 0.6 is 23.2 Å². The highest BCUT2D eigenvalue weighted by Gasteiger charge is 2.30. The minimum absolute atomic E-state index is 0.0437. The highest BCUT2D eigenvalue weighted by molar-refractivity contribution is 7.91. The lowest BCUT2D eigenvalue weighted by Crippen LogP contribution is -2.35. The first-order chi connectivity index (χ1) is 11.2. The molecule has 1 aromatic rings. The van der Waals surface area contributed by atoms with Crippen LogP contribution < -0.4 is 5.32 Å². The van der Waals surface area contributed by atoms with Crippen LogP contribution in [0.1, 0.15) is 12.8 Å². The van der Waals surface area contributed by atoms with E-state index in [4.69, 9.17) is 23.2 Å². The molecule has 0 unspecified atom stereocenters. The van der Waals surface area contributed by atoms with E-state index in [9.17, 15) is 18.0 Å². The van der Waals surface area contributed by atoms with Gasteiger partial charge in [0.05, 0.1) is 28.1 Å². The number of hydrogen-bond acceptors (Lipinski definition) is 4. The topological polar surface area (TPSA) is 83.6 Å². The monoisotopic (exact) mass is 392 g/mol. The molecule has 0 spiro atoms. The molecule has 1 atom stereocenters.